The molecule has 0 radical (unpaired) electrons. The van der Waals surface area contributed by atoms with Gasteiger partial charge >= 0.3 is 0 Å². The Kier molecular flexibility index (Phi) is 5.73. The Morgan fingerprint density at radius 3 is 2.63 bits per heavy atom. The lowest BCUT2D eigenvalue weighted by atomic mass is 10.2. The van der Waals surface area contributed by atoms with Gasteiger partial charge in [-0.3, -0.25) is 4.79 Å². The molecular formula is C14H20F2N2O. The van der Waals surface area contributed by atoms with Crippen LogP contribution in [-0.2, 0) is 4.79 Å². The number of hydrogen-bond acceptors (Lipinski definition) is 2. The first kappa shape index (κ1) is 15.4. The summed E-state index contributed by atoms with van der Waals surface area (Å²) in [6.45, 7) is 5.56. The molecule has 19 heavy (non-hydrogen) atoms. The van der Waals surface area contributed by atoms with E-state index in [0.717, 1.165) is 18.9 Å². The van der Waals surface area contributed by atoms with Crippen LogP contribution in [0.25, 0.3) is 0 Å². The highest BCUT2D eigenvalue weighted by molar-refractivity contribution is 5.84. The van der Waals surface area contributed by atoms with Crippen molar-refractivity contribution in [2.45, 2.75) is 45.7 Å². The fraction of sp³-hybridized carbons (Fsp3) is 0.500. The molecule has 5 heteroatoms. The molecule has 2 atom stereocenters. The Bertz CT molecular complexity index is 437. The molecule has 0 saturated heterocycles. The van der Waals surface area contributed by atoms with Gasteiger partial charge in [-0.15, -0.1) is 0 Å². The predicted octanol–water partition coefficient (Wildman–Crippen LogP) is 3.07. The second-order valence-corrected chi connectivity index (χ2v) is 4.67. The first-order chi connectivity index (χ1) is 8.95. The van der Waals surface area contributed by atoms with Gasteiger partial charge in [-0.05, 0) is 32.4 Å². The summed E-state index contributed by atoms with van der Waals surface area (Å²) in [6.07, 6.45) is 1.86. The number of hydrogen-bond donors (Lipinski definition) is 2. The minimum absolute atomic E-state index is 0.00852. The number of anilines is 1. The van der Waals surface area contributed by atoms with Gasteiger partial charge < -0.3 is 10.6 Å². The smallest absolute Gasteiger partial charge is 0.242 e. The normalized spacial score (nSPS) is 13.7. The zero-order valence-electron chi connectivity index (χ0n) is 11.5. The molecule has 1 rings (SSSR count). The van der Waals surface area contributed by atoms with Crippen molar-refractivity contribution in [3.8, 4) is 0 Å². The van der Waals surface area contributed by atoms with Gasteiger partial charge in [-0.25, -0.2) is 8.78 Å². The third-order valence-corrected chi connectivity index (χ3v) is 2.83. The minimum Gasteiger partial charge on any atom is -0.371 e. The van der Waals surface area contributed by atoms with Crippen molar-refractivity contribution < 1.29 is 13.6 Å². The van der Waals surface area contributed by atoms with Crippen LogP contribution in [0.2, 0.25) is 0 Å². The summed E-state index contributed by atoms with van der Waals surface area (Å²) in [5.74, 6) is -2.13. The summed E-state index contributed by atoms with van der Waals surface area (Å²) in [5.41, 5.74) is -0.00852. The SMILES string of the molecule is CCCC(C)NC(=O)C(C)Nc1cccc(F)c1F. The Hall–Kier alpha value is -1.65. The van der Waals surface area contributed by atoms with Crippen molar-refractivity contribution in [3.63, 3.8) is 0 Å². The van der Waals surface area contributed by atoms with E-state index in [4.69, 9.17) is 0 Å². The maximum absolute atomic E-state index is 13.4. The molecule has 0 saturated carbocycles. The highest BCUT2D eigenvalue weighted by atomic mass is 19.2. The van der Waals surface area contributed by atoms with Gasteiger partial charge in [0, 0.05) is 6.04 Å². The van der Waals surface area contributed by atoms with Gasteiger partial charge in [0.25, 0.3) is 0 Å². The van der Waals surface area contributed by atoms with E-state index in [1.54, 1.807) is 6.92 Å². The third-order valence-electron chi connectivity index (χ3n) is 2.83. The molecule has 1 aromatic carbocycles. The zero-order valence-corrected chi connectivity index (χ0v) is 11.5. The maximum Gasteiger partial charge on any atom is 0.242 e. The molecule has 1 aromatic rings. The van der Waals surface area contributed by atoms with Crippen LogP contribution in [0, 0.1) is 11.6 Å². The van der Waals surface area contributed by atoms with E-state index >= 15 is 0 Å². The number of rotatable bonds is 6. The average molecular weight is 270 g/mol. The van der Waals surface area contributed by atoms with E-state index in [2.05, 4.69) is 10.6 Å². The standard InChI is InChI=1S/C14H20F2N2O/c1-4-6-9(2)17-14(19)10(3)18-12-8-5-7-11(15)13(12)16/h5,7-10,18H,4,6H2,1-3H3,(H,17,19). The Labute approximate surface area is 112 Å². The molecule has 0 fully saturated rings. The van der Waals surface area contributed by atoms with Crippen molar-refractivity contribution in [2.24, 2.45) is 0 Å². The Morgan fingerprint density at radius 2 is 2.00 bits per heavy atom. The first-order valence-corrected chi connectivity index (χ1v) is 6.46. The molecule has 0 bridgehead atoms. The predicted molar refractivity (Wildman–Crippen MR) is 72.0 cm³/mol. The number of halogens is 2. The van der Waals surface area contributed by atoms with Crippen LogP contribution in [0.4, 0.5) is 14.5 Å². The number of amides is 1. The molecule has 3 nitrogen and oxygen atoms in total. The number of benzene rings is 1. The van der Waals surface area contributed by atoms with Gasteiger partial charge in [0.1, 0.15) is 6.04 Å². The van der Waals surface area contributed by atoms with Crippen LogP contribution < -0.4 is 10.6 Å². The molecular weight excluding hydrogens is 250 g/mol. The summed E-state index contributed by atoms with van der Waals surface area (Å²) < 4.78 is 26.5. The third kappa shape index (κ3) is 4.50. The molecule has 0 aliphatic rings. The average Bonchev–Trinajstić information content (AvgIpc) is 2.35. The lowest BCUT2D eigenvalue weighted by Gasteiger charge is -2.19. The largest absolute Gasteiger partial charge is 0.371 e. The van der Waals surface area contributed by atoms with E-state index in [9.17, 15) is 13.6 Å². The quantitative estimate of drug-likeness (QED) is 0.834. The summed E-state index contributed by atoms with van der Waals surface area (Å²) in [4.78, 5) is 11.8. The van der Waals surface area contributed by atoms with Gasteiger partial charge in [0.15, 0.2) is 11.6 Å². The Morgan fingerprint density at radius 1 is 1.32 bits per heavy atom. The van der Waals surface area contributed by atoms with E-state index in [1.165, 1.54) is 12.1 Å². The molecule has 1 amide bonds. The fourth-order valence-corrected chi connectivity index (χ4v) is 1.79. The molecule has 0 heterocycles. The van der Waals surface area contributed by atoms with Crippen molar-refractivity contribution in [1.29, 1.82) is 0 Å². The first-order valence-electron chi connectivity index (χ1n) is 6.46. The van der Waals surface area contributed by atoms with Crippen molar-refractivity contribution in [1.82, 2.24) is 5.32 Å². The van der Waals surface area contributed by atoms with Gasteiger partial charge in [0.05, 0.1) is 5.69 Å². The molecule has 106 valence electrons. The van der Waals surface area contributed by atoms with Crippen molar-refractivity contribution in [3.05, 3.63) is 29.8 Å². The van der Waals surface area contributed by atoms with E-state index in [0.29, 0.717) is 0 Å². The van der Waals surface area contributed by atoms with Gasteiger partial charge in [-0.1, -0.05) is 19.4 Å². The molecule has 0 aliphatic heterocycles. The lowest BCUT2D eigenvalue weighted by molar-refractivity contribution is -0.122. The molecule has 2 unspecified atom stereocenters. The zero-order chi connectivity index (χ0) is 14.4. The monoisotopic (exact) mass is 270 g/mol. The van der Waals surface area contributed by atoms with Gasteiger partial charge in [-0.2, -0.15) is 0 Å². The highest BCUT2D eigenvalue weighted by Crippen LogP contribution is 2.17. The van der Waals surface area contributed by atoms with Crippen molar-refractivity contribution in [2.75, 3.05) is 5.32 Å². The second kappa shape index (κ2) is 7.07. The summed E-state index contributed by atoms with van der Waals surface area (Å²) in [6, 6.07) is 3.27. The van der Waals surface area contributed by atoms with E-state index < -0.39 is 17.7 Å². The summed E-state index contributed by atoms with van der Waals surface area (Å²) in [5, 5.41) is 5.49. The minimum atomic E-state index is -0.969. The molecule has 0 spiro atoms. The summed E-state index contributed by atoms with van der Waals surface area (Å²) >= 11 is 0. The van der Waals surface area contributed by atoms with Crippen LogP contribution >= 0.6 is 0 Å². The van der Waals surface area contributed by atoms with Crippen LogP contribution in [0.3, 0.4) is 0 Å². The van der Waals surface area contributed by atoms with Crippen LogP contribution in [0.1, 0.15) is 33.6 Å². The number of carbonyl (C=O) groups excluding carboxylic acids is 1. The summed E-state index contributed by atoms with van der Waals surface area (Å²) in [7, 11) is 0. The number of carbonyl (C=O) groups is 1. The van der Waals surface area contributed by atoms with Crippen LogP contribution in [0.15, 0.2) is 18.2 Å². The molecule has 0 aliphatic carbocycles. The topological polar surface area (TPSA) is 41.1 Å². The van der Waals surface area contributed by atoms with Gasteiger partial charge in [0.2, 0.25) is 5.91 Å². The second-order valence-electron chi connectivity index (χ2n) is 4.67. The molecule has 2 N–H and O–H groups in total. The van der Waals surface area contributed by atoms with E-state index in [1.807, 2.05) is 13.8 Å². The maximum atomic E-state index is 13.4. The number of nitrogens with one attached hydrogen (secondary N) is 2. The van der Waals surface area contributed by atoms with Crippen molar-refractivity contribution >= 4 is 11.6 Å². The Balaban J connectivity index is 2.61. The highest BCUT2D eigenvalue weighted by Gasteiger charge is 2.17. The van der Waals surface area contributed by atoms with Crippen LogP contribution in [0.5, 0.6) is 0 Å². The fourth-order valence-electron chi connectivity index (χ4n) is 1.79. The molecule has 0 aromatic heterocycles. The lowest BCUT2D eigenvalue weighted by Crippen LogP contribution is -2.42. The van der Waals surface area contributed by atoms with Crippen LogP contribution in [-0.4, -0.2) is 18.0 Å². The van der Waals surface area contributed by atoms with E-state index in [-0.39, 0.29) is 17.6 Å².